The van der Waals surface area contributed by atoms with Gasteiger partial charge in [0.25, 0.3) is 11.1 Å². The van der Waals surface area contributed by atoms with E-state index in [4.69, 9.17) is 5.73 Å². The number of amides is 2. The molecular weight excluding hydrogens is 274 g/mol. The number of thioether (sulfide) groups is 1. The van der Waals surface area contributed by atoms with Crippen molar-refractivity contribution in [3.63, 3.8) is 0 Å². The lowest BCUT2D eigenvalue weighted by Crippen LogP contribution is -2.33. The van der Waals surface area contributed by atoms with E-state index < -0.39 is 22.8 Å². The third-order valence-corrected chi connectivity index (χ3v) is 3.41. The van der Waals surface area contributed by atoms with Crippen LogP contribution >= 0.6 is 11.8 Å². The second-order valence-electron chi connectivity index (χ2n) is 3.76. The summed E-state index contributed by atoms with van der Waals surface area (Å²) in [5, 5.41) is -0.488. The first kappa shape index (κ1) is 13.7. The molecule has 19 heavy (non-hydrogen) atoms. The molecule has 0 atom stereocenters. The third-order valence-electron chi connectivity index (χ3n) is 2.50. The molecule has 7 heteroatoms. The summed E-state index contributed by atoms with van der Waals surface area (Å²) in [6.07, 6.45) is 1.05. The highest BCUT2D eigenvalue weighted by Crippen LogP contribution is 2.32. The molecule has 0 bridgehead atoms. The van der Waals surface area contributed by atoms with Gasteiger partial charge in [-0.1, -0.05) is 6.07 Å². The zero-order chi connectivity index (χ0) is 14.0. The van der Waals surface area contributed by atoms with Crippen LogP contribution in [0.4, 0.5) is 13.6 Å². The second-order valence-corrected chi connectivity index (χ2v) is 4.75. The van der Waals surface area contributed by atoms with Gasteiger partial charge in [0.05, 0.1) is 4.91 Å². The fourth-order valence-corrected chi connectivity index (χ4v) is 2.45. The van der Waals surface area contributed by atoms with E-state index in [-0.39, 0.29) is 23.6 Å². The van der Waals surface area contributed by atoms with E-state index in [1.807, 2.05) is 0 Å². The zero-order valence-corrected chi connectivity index (χ0v) is 10.5. The average molecular weight is 284 g/mol. The number of nitrogens with zero attached hydrogens (tertiary/aromatic N) is 1. The Morgan fingerprint density at radius 2 is 1.89 bits per heavy atom. The van der Waals surface area contributed by atoms with Crippen molar-refractivity contribution in [2.45, 2.75) is 0 Å². The molecule has 2 N–H and O–H groups in total. The van der Waals surface area contributed by atoms with Crippen molar-refractivity contribution >= 4 is 29.0 Å². The smallest absolute Gasteiger partial charge is 0.293 e. The molecule has 4 nitrogen and oxygen atoms in total. The molecule has 2 amide bonds. The highest BCUT2D eigenvalue weighted by molar-refractivity contribution is 8.18. The Labute approximate surface area is 112 Å². The molecule has 0 aromatic heterocycles. The lowest BCUT2D eigenvalue weighted by Gasteiger charge is -2.09. The van der Waals surface area contributed by atoms with Gasteiger partial charge in [-0.2, -0.15) is 0 Å². The van der Waals surface area contributed by atoms with Crippen molar-refractivity contribution in [3.05, 3.63) is 40.3 Å². The van der Waals surface area contributed by atoms with Gasteiger partial charge < -0.3 is 5.73 Å². The van der Waals surface area contributed by atoms with E-state index in [1.165, 1.54) is 6.07 Å². The third kappa shape index (κ3) is 2.66. The van der Waals surface area contributed by atoms with Crippen LogP contribution in [0.3, 0.4) is 0 Å². The van der Waals surface area contributed by atoms with Crippen LogP contribution in [-0.2, 0) is 4.79 Å². The zero-order valence-electron chi connectivity index (χ0n) is 9.73. The maximum atomic E-state index is 13.4. The predicted molar refractivity (Wildman–Crippen MR) is 68.1 cm³/mol. The van der Waals surface area contributed by atoms with Crippen LogP contribution in [0.2, 0.25) is 0 Å². The highest BCUT2D eigenvalue weighted by atomic mass is 32.2. The minimum Gasteiger partial charge on any atom is -0.329 e. The Morgan fingerprint density at radius 1 is 1.26 bits per heavy atom. The molecule has 0 spiro atoms. The summed E-state index contributed by atoms with van der Waals surface area (Å²) in [4.78, 5) is 24.3. The molecule has 100 valence electrons. The van der Waals surface area contributed by atoms with Gasteiger partial charge in [-0.15, -0.1) is 0 Å². The summed E-state index contributed by atoms with van der Waals surface area (Å²) < 4.78 is 26.9. The van der Waals surface area contributed by atoms with Crippen LogP contribution in [-0.4, -0.2) is 29.1 Å². The Balaban J connectivity index is 2.35. The molecule has 1 saturated heterocycles. The number of hydrogen-bond acceptors (Lipinski definition) is 4. The first-order valence-corrected chi connectivity index (χ1v) is 6.25. The van der Waals surface area contributed by atoms with Crippen LogP contribution in [0.15, 0.2) is 23.1 Å². The van der Waals surface area contributed by atoms with Crippen LogP contribution in [0.1, 0.15) is 5.56 Å². The van der Waals surface area contributed by atoms with Crippen LogP contribution < -0.4 is 5.73 Å². The molecule has 0 unspecified atom stereocenters. The topological polar surface area (TPSA) is 63.4 Å². The van der Waals surface area contributed by atoms with Crippen molar-refractivity contribution in [2.24, 2.45) is 5.73 Å². The highest BCUT2D eigenvalue weighted by Gasteiger charge is 2.34. The summed E-state index contributed by atoms with van der Waals surface area (Å²) in [6.45, 7) is 0.223. The van der Waals surface area contributed by atoms with E-state index >= 15 is 0 Å². The summed E-state index contributed by atoms with van der Waals surface area (Å²) in [5.41, 5.74) is 4.95. The number of imide groups is 1. The SMILES string of the molecule is NCCN1C(=O)S/C(=C\c2c(F)cccc2F)C1=O. The molecule has 0 aliphatic carbocycles. The number of rotatable bonds is 3. The quantitative estimate of drug-likeness (QED) is 0.862. The average Bonchev–Trinajstić information content (AvgIpc) is 2.62. The minimum absolute atomic E-state index is 0.0116. The van der Waals surface area contributed by atoms with Crippen molar-refractivity contribution in [3.8, 4) is 0 Å². The van der Waals surface area contributed by atoms with Gasteiger partial charge in [0.2, 0.25) is 0 Å². The standard InChI is InChI=1S/C12H10F2N2O2S/c13-8-2-1-3-9(14)7(8)6-10-11(17)16(5-4-15)12(18)19-10/h1-3,6H,4-5,15H2/b10-6-. The van der Waals surface area contributed by atoms with Crippen LogP contribution in [0.5, 0.6) is 0 Å². The van der Waals surface area contributed by atoms with Crippen LogP contribution in [0, 0.1) is 11.6 Å². The summed E-state index contributed by atoms with van der Waals surface area (Å²) >= 11 is 0.644. The fourth-order valence-electron chi connectivity index (χ4n) is 1.60. The van der Waals surface area contributed by atoms with Crippen molar-refractivity contribution in [2.75, 3.05) is 13.1 Å². The first-order valence-electron chi connectivity index (χ1n) is 5.44. The Morgan fingerprint density at radius 3 is 2.47 bits per heavy atom. The molecule has 2 rings (SSSR count). The lowest BCUT2D eigenvalue weighted by atomic mass is 10.2. The Bertz CT molecular complexity index is 555. The van der Waals surface area contributed by atoms with Crippen LogP contribution in [0.25, 0.3) is 6.08 Å². The monoisotopic (exact) mass is 284 g/mol. The lowest BCUT2D eigenvalue weighted by molar-refractivity contribution is -0.122. The first-order chi connectivity index (χ1) is 9.04. The van der Waals surface area contributed by atoms with Crippen molar-refractivity contribution in [1.82, 2.24) is 4.90 Å². The van der Waals surface area contributed by atoms with E-state index in [2.05, 4.69) is 0 Å². The number of nitrogens with two attached hydrogens (primary N) is 1. The molecule has 1 aromatic carbocycles. The van der Waals surface area contributed by atoms with Gasteiger partial charge in [-0.25, -0.2) is 8.78 Å². The second kappa shape index (κ2) is 5.50. The minimum atomic E-state index is -0.786. The van der Waals surface area contributed by atoms with E-state index in [9.17, 15) is 18.4 Å². The van der Waals surface area contributed by atoms with Gasteiger partial charge >= 0.3 is 0 Å². The van der Waals surface area contributed by atoms with Crippen molar-refractivity contribution < 1.29 is 18.4 Å². The summed E-state index contributed by atoms with van der Waals surface area (Å²) in [7, 11) is 0. The summed E-state index contributed by atoms with van der Waals surface area (Å²) in [6, 6.07) is 3.39. The molecule has 1 aromatic rings. The fraction of sp³-hybridized carbons (Fsp3) is 0.167. The Hall–Kier alpha value is -1.73. The number of carbonyl (C=O) groups excluding carboxylic acids is 2. The molecule has 1 heterocycles. The van der Waals surface area contributed by atoms with E-state index in [0.29, 0.717) is 11.8 Å². The van der Waals surface area contributed by atoms with E-state index in [1.54, 1.807) is 0 Å². The van der Waals surface area contributed by atoms with Gasteiger partial charge in [0, 0.05) is 18.7 Å². The Kier molecular flexibility index (Phi) is 3.96. The predicted octanol–water partition coefficient (Wildman–Crippen LogP) is 1.96. The largest absolute Gasteiger partial charge is 0.329 e. The molecule has 1 aliphatic rings. The molecule has 0 radical (unpaired) electrons. The number of benzene rings is 1. The number of carbonyl (C=O) groups is 2. The molecule has 1 aliphatic heterocycles. The van der Waals surface area contributed by atoms with Gasteiger partial charge in [-0.3, -0.25) is 14.5 Å². The number of hydrogen-bond donors (Lipinski definition) is 1. The maximum absolute atomic E-state index is 13.4. The summed E-state index contributed by atoms with van der Waals surface area (Å²) in [5.74, 6) is -2.15. The van der Waals surface area contributed by atoms with Gasteiger partial charge in [0.15, 0.2) is 0 Å². The molecular formula is C12H10F2N2O2S. The van der Waals surface area contributed by atoms with Crippen molar-refractivity contribution in [1.29, 1.82) is 0 Å². The van der Waals surface area contributed by atoms with Gasteiger partial charge in [0.1, 0.15) is 11.6 Å². The maximum Gasteiger partial charge on any atom is 0.293 e. The van der Waals surface area contributed by atoms with Gasteiger partial charge in [-0.05, 0) is 30.0 Å². The normalized spacial score (nSPS) is 17.6. The molecule has 1 fully saturated rings. The van der Waals surface area contributed by atoms with E-state index in [0.717, 1.165) is 23.1 Å². The number of halogens is 2. The molecule has 0 saturated carbocycles.